The van der Waals surface area contributed by atoms with Gasteiger partial charge < -0.3 is 15.2 Å². The lowest BCUT2D eigenvalue weighted by molar-refractivity contribution is 0.0661. The molecule has 1 saturated heterocycles. The molecule has 0 saturated carbocycles. The van der Waals surface area contributed by atoms with E-state index in [0.717, 1.165) is 29.9 Å². The predicted octanol–water partition coefficient (Wildman–Crippen LogP) is 4.90. The number of hydrogen-bond acceptors (Lipinski definition) is 3. The van der Waals surface area contributed by atoms with Crippen molar-refractivity contribution < 1.29 is 4.79 Å². The number of likely N-dealkylation sites (tertiary alicyclic amines) is 1. The number of aromatic nitrogens is 2. The highest BCUT2D eigenvalue weighted by Gasteiger charge is 2.39. The van der Waals surface area contributed by atoms with Gasteiger partial charge in [-0.15, -0.1) is 0 Å². The van der Waals surface area contributed by atoms with E-state index in [4.69, 9.17) is 10.7 Å². The first kappa shape index (κ1) is 21.2. The maximum absolute atomic E-state index is 13.6. The van der Waals surface area contributed by atoms with Crippen LogP contribution in [0.15, 0.2) is 97.2 Å². The van der Waals surface area contributed by atoms with Crippen molar-refractivity contribution in [1.82, 2.24) is 14.5 Å². The Bertz CT molecular complexity index is 1200. The molecule has 2 atom stereocenters. The van der Waals surface area contributed by atoms with Gasteiger partial charge in [0.1, 0.15) is 5.82 Å². The van der Waals surface area contributed by atoms with Gasteiger partial charge in [0.2, 0.25) is 0 Å². The second-order valence-corrected chi connectivity index (χ2v) is 8.52. The zero-order valence-corrected chi connectivity index (χ0v) is 18.5. The fourth-order valence-corrected chi connectivity index (χ4v) is 4.76. The third-order valence-corrected chi connectivity index (χ3v) is 6.40. The Morgan fingerprint density at radius 2 is 1.52 bits per heavy atom. The summed E-state index contributed by atoms with van der Waals surface area (Å²) in [7, 11) is 0. The Morgan fingerprint density at radius 3 is 2.18 bits per heavy atom. The first-order chi connectivity index (χ1) is 16.2. The smallest absolute Gasteiger partial charge is 0.254 e. The topological polar surface area (TPSA) is 64.2 Å². The number of rotatable bonds is 6. The van der Waals surface area contributed by atoms with Crippen LogP contribution in [0.2, 0.25) is 0 Å². The third-order valence-electron chi connectivity index (χ3n) is 6.40. The molecule has 1 fully saturated rings. The van der Waals surface area contributed by atoms with E-state index in [-0.39, 0.29) is 18.0 Å². The van der Waals surface area contributed by atoms with Crippen molar-refractivity contribution in [3.63, 3.8) is 0 Å². The summed E-state index contributed by atoms with van der Waals surface area (Å²) in [4.78, 5) is 20.6. The number of nitrogens with two attached hydrogens (primary N) is 1. The van der Waals surface area contributed by atoms with Crippen LogP contribution in [-0.2, 0) is 6.54 Å². The van der Waals surface area contributed by atoms with Crippen molar-refractivity contribution in [3.05, 3.63) is 114 Å². The van der Waals surface area contributed by atoms with E-state index in [1.165, 1.54) is 5.56 Å². The summed E-state index contributed by atoms with van der Waals surface area (Å²) in [6, 6.07) is 29.9. The van der Waals surface area contributed by atoms with Gasteiger partial charge in [0.05, 0.1) is 11.7 Å². The fraction of sp³-hybridized carbons (Fsp3) is 0.214. The lowest BCUT2D eigenvalue weighted by atomic mass is 10.1. The molecule has 5 rings (SSSR count). The Labute approximate surface area is 194 Å². The molecule has 2 N–H and O–H groups in total. The number of carbonyl (C=O) groups excluding carboxylic acids is 1. The van der Waals surface area contributed by atoms with Gasteiger partial charge in [-0.05, 0) is 30.5 Å². The number of hydrogen-bond donors (Lipinski definition) is 1. The molecule has 5 nitrogen and oxygen atoms in total. The van der Waals surface area contributed by atoms with Gasteiger partial charge in [-0.25, -0.2) is 4.98 Å². The van der Waals surface area contributed by atoms with E-state index in [1.54, 1.807) is 0 Å². The van der Waals surface area contributed by atoms with Gasteiger partial charge in [0.15, 0.2) is 0 Å². The van der Waals surface area contributed by atoms with E-state index >= 15 is 0 Å². The van der Waals surface area contributed by atoms with Crippen LogP contribution < -0.4 is 5.73 Å². The molecule has 1 aliphatic heterocycles. The van der Waals surface area contributed by atoms with E-state index < -0.39 is 0 Å². The molecular weight excluding hydrogens is 408 g/mol. The molecule has 1 amide bonds. The number of amides is 1. The van der Waals surface area contributed by atoms with Crippen LogP contribution in [0.25, 0.3) is 11.3 Å². The molecule has 4 aromatic rings. The molecule has 2 heterocycles. The first-order valence-electron chi connectivity index (χ1n) is 11.5. The Hall–Kier alpha value is -3.70. The molecule has 1 unspecified atom stereocenters. The van der Waals surface area contributed by atoms with Crippen LogP contribution in [-0.4, -0.2) is 32.9 Å². The van der Waals surface area contributed by atoms with Crippen molar-refractivity contribution in [2.75, 3.05) is 6.54 Å². The number of nitrogens with zero attached hydrogens (tertiary/aromatic N) is 3. The normalized spacial score (nSPS) is 17.9. The largest absolute Gasteiger partial charge is 0.328 e. The van der Waals surface area contributed by atoms with Crippen LogP contribution in [0.1, 0.15) is 40.6 Å². The van der Waals surface area contributed by atoms with E-state index in [2.05, 4.69) is 47.2 Å². The first-order valence-corrected chi connectivity index (χ1v) is 11.5. The van der Waals surface area contributed by atoms with Crippen molar-refractivity contribution in [3.8, 4) is 11.3 Å². The molecule has 33 heavy (non-hydrogen) atoms. The zero-order chi connectivity index (χ0) is 22.6. The SMILES string of the molecule is NCC1CC[C@H](c2nc(-c3ccccc3)cn2Cc2ccccc2)N1C(=O)c1ccccc1. The highest BCUT2D eigenvalue weighted by molar-refractivity contribution is 5.94. The predicted molar refractivity (Wildman–Crippen MR) is 131 cm³/mol. The Morgan fingerprint density at radius 1 is 0.879 bits per heavy atom. The summed E-state index contributed by atoms with van der Waals surface area (Å²) in [5.74, 6) is 0.932. The number of carbonyl (C=O) groups is 1. The average molecular weight is 437 g/mol. The summed E-state index contributed by atoms with van der Waals surface area (Å²) in [6.45, 7) is 1.15. The molecule has 3 aromatic carbocycles. The zero-order valence-electron chi connectivity index (χ0n) is 18.5. The molecule has 1 aliphatic rings. The van der Waals surface area contributed by atoms with Crippen molar-refractivity contribution >= 4 is 5.91 Å². The minimum atomic E-state index is -0.118. The number of benzene rings is 3. The Kier molecular flexibility index (Phi) is 6.05. The van der Waals surface area contributed by atoms with Crippen LogP contribution in [0.5, 0.6) is 0 Å². The van der Waals surface area contributed by atoms with Gasteiger partial charge in [-0.2, -0.15) is 0 Å². The minimum Gasteiger partial charge on any atom is -0.328 e. The summed E-state index contributed by atoms with van der Waals surface area (Å²) >= 11 is 0. The van der Waals surface area contributed by atoms with E-state index in [1.807, 2.05) is 59.5 Å². The molecule has 0 bridgehead atoms. The van der Waals surface area contributed by atoms with Crippen molar-refractivity contribution in [1.29, 1.82) is 0 Å². The van der Waals surface area contributed by atoms with Crippen LogP contribution in [0.4, 0.5) is 0 Å². The summed E-state index contributed by atoms with van der Waals surface area (Å²) in [5, 5.41) is 0. The molecule has 0 spiro atoms. The highest BCUT2D eigenvalue weighted by atomic mass is 16.2. The lowest BCUT2D eigenvalue weighted by Crippen LogP contribution is -2.42. The number of imidazole rings is 1. The van der Waals surface area contributed by atoms with Crippen molar-refractivity contribution in [2.24, 2.45) is 5.73 Å². The Balaban J connectivity index is 1.57. The second kappa shape index (κ2) is 9.43. The van der Waals surface area contributed by atoms with Crippen LogP contribution in [0, 0.1) is 0 Å². The van der Waals surface area contributed by atoms with Crippen molar-refractivity contribution in [2.45, 2.75) is 31.5 Å². The maximum Gasteiger partial charge on any atom is 0.254 e. The van der Waals surface area contributed by atoms with E-state index in [0.29, 0.717) is 18.7 Å². The highest BCUT2D eigenvalue weighted by Crippen LogP contribution is 2.38. The third kappa shape index (κ3) is 4.32. The van der Waals surface area contributed by atoms with Crippen LogP contribution >= 0.6 is 0 Å². The molecule has 5 heteroatoms. The maximum atomic E-state index is 13.6. The quantitative estimate of drug-likeness (QED) is 0.467. The average Bonchev–Trinajstić information content (AvgIpc) is 3.49. The molecule has 1 aromatic heterocycles. The minimum absolute atomic E-state index is 0.00440. The fourth-order valence-electron chi connectivity index (χ4n) is 4.76. The van der Waals surface area contributed by atoms with Gasteiger partial charge >= 0.3 is 0 Å². The molecule has 166 valence electrons. The van der Waals surface area contributed by atoms with Gasteiger partial charge in [0, 0.05) is 36.5 Å². The van der Waals surface area contributed by atoms with Gasteiger partial charge in [-0.1, -0.05) is 78.9 Å². The molecule has 0 aliphatic carbocycles. The standard InChI is InChI=1S/C28H28N4O/c29-18-24-16-17-26(32(24)28(33)23-14-8-3-9-15-23)27-30-25(22-12-6-2-7-13-22)20-31(27)19-21-10-4-1-5-11-21/h1-15,20,24,26H,16-19,29H2/t24?,26-/m1/s1. The summed E-state index contributed by atoms with van der Waals surface area (Å²) in [6.07, 6.45) is 3.83. The lowest BCUT2D eigenvalue weighted by Gasteiger charge is -2.30. The van der Waals surface area contributed by atoms with Gasteiger partial charge in [-0.3, -0.25) is 4.79 Å². The molecule has 0 radical (unpaired) electrons. The second-order valence-electron chi connectivity index (χ2n) is 8.52. The van der Waals surface area contributed by atoms with Gasteiger partial charge in [0.25, 0.3) is 5.91 Å². The summed E-state index contributed by atoms with van der Waals surface area (Å²) in [5.41, 5.74) is 9.99. The molecular formula is C28H28N4O. The monoisotopic (exact) mass is 436 g/mol. The van der Waals surface area contributed by atoms with E-state index in [9.17, 15) is 4.79 Å². The van der Waals surface area contributed by atoms with Crippen LogP contribution in [0.3, 0.4) is 0 Å². The summed E-state index contributed by atoms with van der Waals surface area (Å²) < 4.78 is 2.20.